The van der Waals surface area contributed by atoms with Gasteiger partial charge >= 0.3 is 12.0 Å². The van der Waals surface area contributed by atoms with Crippen LogP contribution in [0, 0.1) is 12.3 Å². The average Bonchev–Trinajstić information content (AvgIpc) is 2.34. The lowest BCUT2D eigenvalue weighted by Crippen LogP contribution is -2.35. The molecule has 0 saturated heterocycles. The van der Waals surface area contributed by atoms with Crippen LogP contribution in [0.25, 0.3) is 0 Å². The molecule has 0 radical (unpaired) electrons. The van der Waals surface area contributed by atoms with Gasteiger partial charge in [0.2, 0.25) is 0 Å². The third-order valence-corrected chi connectivity index (χ3v) is 1.98. The summed E-state index contributed by atoms with van der Waals surface area (Å²) < 4.78 is 0. The fraction of sp³-hybridized carbons (Fsp3) is 0.167. The highest BCUT2D eigenvalue weighted by Gasteiger charge is 2.04. The lowest BCUT2D eigenvalue weighted by molar-refractivity contribution is 0.0696. The summed E-state index contributed by atoms with van der Waals surface area (Å²) in [5, 5.41) is 13.8. The molecule has 0 bridgehead atoms. The summed E-state index contributed by atoms with van der Waals surface area (Å²) in [7, 11) is 0. The number of carbonyl (C=O) groups is 2. The van der Waals surface area contributed by atoms with Crippen molar-refractivity contribution < 1.29 is 14.7 Å². The van der Waals surface area contributed by atoms with Crippen LogP contribution >= 0.6 is 0 Å². The van der Waals surface area contributed by atoms with E-state index in [1.807, 2.05) is 0 Å². The maximum atomic E-state index is 11.2. The minimum atomic E-state index is -0.997. The monoisotopic (exact) mass is 232 g/mol. The summed E-state index contributed by atoms with van der Waals surface area (Å²) in [6.45, 7) is 0.401. The highest BCUT2D eigenvalue weighted by Crippen LogP contribution is 2.04. The van der Waals surface area contributed by atoms with Crippen molar-refractivity contribution in [3.05, 3.63) is 35.4 Å². The van der Waals surface area contributed by atoms with Crippen molar-refractivity contribution in [1.82, 2.24) is 10.6 Å². The molecule has 0 fully saturated rings. The molecular formula is C12H12N2O3. The second-order valence-corrected chi connectivity index (χ2v) is 3.25. The quantitative estimate of drug-likeness (QED) is 0.672. The van der Waals surface area contributed by atoms with Crippen LogP contribution in [0.3, 0.4) is 0 Å². The van der Waals surface area contributed by atoms with Gasteiger partial charge in [0, 0.05) is 6.54 Å². The van der Waals surface area contributed by atoms with E-state index < -0.39 is 5.97 Å². The zero-order valence-corrected chi connectivity index (χ0v) is 9.06. The van der Waals surface area contributed by atoms with Gasteiger partial charge in [-0.25, -0.2) is 9.59 Å². The standard InChI is InChI=1S/C12H12N2O3/c1-2-6-13-12(17)14-8-9-4-3-5-10(7-9)11(15)16/h1,3-5,7H,6,8H2,(H,15,16)(H2,13,14,17). The molecule has 0 aliphatic rings. The molecule has 2 amide bonds. The smallest absolute Gasteiger partial charge is 0.335 e. The summed E-state index contributed by atoms with van der Waals surface area (Å²) in [6.07, 6.45) is 4.98. The molecular weight excluding hydrogens is 220 g/mol. The van der Waals surface area contributed by atoms with E-state index in [2.05, 4.69) is 16.6 Å². The minimum Gasteiger partial charge on any atom is -0.478 e. The van der Waals surface area contributed by atoms with Gasteiger partial charge in [-0.3, -0.25) is 0 Å². The number of benzene rings is 1. The van der Waals surface area contributed by atoms with E-state index >= 15 is 0 Å². The highest BCUT2D eigenvalue weighted by molar-refractivity contribution is 5.87. The second-order valence-electron chi connectivity index (χ2n) is 3.25. The van der Waals surface area contributed by atoms with Crippen LogP contribution in [0.15, 0.2) is 24.3 Å². The lowest BCUT2D eigenvalue weighted by Gasteiger charge is -2.06. The Labute approximate surface area is 98.8 Å². The molecule has 88 valence electrons. The van der Waals surface area contributed by atoms with E-state index in [0.717, 1.165) is 0 Å². The Morgan fingerprint density at radius 2 is 2.12 bits per heavy atom. The van der Waals surface area contributed by atoms with E-state index in [4.69, 9.17) is 11.5 Å². The number of hydrogen-bond acceptors (Lipinski definition) is 2. The molecule has 1 rings (SSSR count). The molecule has 0 aromatic heterocycles. The van der Waals surface area contributed by atoms with Gasteiger partial charge in [-0.05, 0) is 17.7 Å². The Morgan fingerprint density at radius 3 is 2.76 bits per heavy atom. The summed E-state index contributed by atoms with van der Waals surface area (Å²) >= 11 is 0. The Morgan fingerprint density at radius 1 is 1.35 bits per heavy atom. The van der Waals surface area contributed by atoms with Crippen LogP contribution in [-0.2, 0) is 6.54 Å². The van der Waals surface area contributed by atoms with E-state index in [1.54, 1.807) is 12.1 Å². The predicted molar refractivity (Wildman–Crippen MR) is 62.5 cm³/mol. The third-order valence-electron chi connectivity index (χ3n) is 1.98. The fourth-order valence-electron chi connectivity index (χ4n) is 1.19. The fourth-order valence-corrected chi connectivity index (χ4v) is 1.19. The molecule has 0 heterocycles. The predicted octanol–water partition coefficient (Wildman–Crippen LogP) is 0.817. The molecule has 5 heteroatoms. The van der Waals surface area contributed by atoms with Crippen LogP contribution < -0.4 is 10.6 Å². The van der Waals surface area contributed by atoms with Crippen LogP contribution in [0.1, 0.15) is 15.9 Å². The van der Waals surface area contributed by atoms with Gasteiger partial charge in [0.15, 0.2) is 0 Å². The zero-order chi connectivity index (χ0) is 12.7. The number of carboxylic acid groups (broad SMARTS) is 1. The maximum absolute atomic E-state index is 11.2. The van der Waals surface area contributed by atoms with Crippen molar-refractivity contribution in [1.29, 1.82) is 0 Å². The van der Waals surface area contributed by atoms with E-state index in [0.29, 0.717) is 5.56 Å². The Hall–Kier alpha value is -2.48. The van der Waals surface area contributed by atoms with Gasteiger partial charge in [-0.15, -0.1) is 6.42 Å². The largest absolute Gasteiger partial charge is 0.478 e. The molecule has 0 aliphatic carbocycles. The number of carboxylic acids is 1. The van der Waals surface area contributed by atoms with Crippen LogP contribution in [0.2, 0.25) is 0 Å². The van der Waals surface area contributed by atoms with Gasteiger partial charge in [0.1, 0.15) is 0 Å². The van der Waals surface area contributed by atoms with Crippen LogP contribution in [0.5, 0.6) is 0 Å². The first kappa shape index (κ1) is 12.6. The number of rotatable bonds is 4. The first-order chi connectivity index (χ1) is 8.13. The van der Waals surface area contributed by atoms with Gasteiger partial charge in [0.05, 0.1) is 12.1 Å². The average molecular weight is 232 g/mol. The molecule has 0 aliphatic heterocycles. The topological polar surface area (TPSA) is 78.4 Å². The van der Waals surface area contributed by atoms with E-state index in [-0.39, 0.29) is 24.7 Å². The number of carbonyl (C=O) groups excluding carboxylic acids is 1. The molecule has 17 heavy (non-hydrogen) atoms. The molecule has 5 nitrogen and oxygen atoms in total. The van der Waals surface area contributed by atoms with Crippen molar-refractivity contribution in [2.24, 2.45) is 0 Å². The SMILES string of the molecule is C#CCNC(=O)NCc1cccc(C(=O)O)c1. The zero-order valence-electron chi connectivity index (χ0n) is 9.06. The first-order valence-electron chi connectivity index (χ1n) is 4.91. The molecule has 0 unspecified atom stereocenters. The normalized spacial score (nSPS) is 9.12. The minimum absolute atomic E-state index is 0.154. The Kier molecular flexibility index (Phi) is 4.58. The van der Waals surface area contributed by atoms with E-state index in [9.17, 15) is 9.59 Å². The molecule has 0 spiro atoms. The summed E-state index contributed by atoms with van der Waals surface area (Å²) in [4.78, 5) is 21.9. The Balaban J connectivity index is 2.52. The van der Waals surface area contributed by atoms with Crippen molar-refractivity contribution in [3.8, 4) is 12.3 Å². The molecule has 0 atom stereocenters. The number of amides is 2. The first-order valence-corrected chi connectivity index (χ1v) is 4.91. The van der Waals surface area contributed by atoms with Gasteiger partial charge in [-0.1, -0.05) is 18.1 Å². The Bertz CT molecular complexity index is 463. The number of nitrogens with one attached hydrogen (secondary N) is 2. The summed E-state index contributed by atoms with van der Waals surface area (Å²) in [5.41, 5.74) is 0.897. The van der Waals surface area contributed by atoms with Gasteiger partial charge < -0.3 is 15.7 Å². The van der Waals surface area contributed by atoms with Gasteiger partial charge in [-0.2, -0.15) is 0 Å². The molecule has 0 saturated carbocycles. The lowest BCUT2D eigenvalue weighted by atomic mass is 10.1. The molecule has 3 N–H and O–H groups in total. The maximum Gasteiger partial charge on any atom is 0.335 e. The number of hydrogen-bond donors (Lipinski definition) is 3. The second kappa shape index (κ2) is 6.18. The number of terminal acetylenes is 1. The van der Waals surface area contributed by atoms with Gasteiger partial charge in [0.25, 0.3) is 0 Å². The van der Waals surface area contributed by atoms with Crippen LogP contribution in [-0.4, -0.2) is 23.7 Å². The van der Waals surface area contributed by atoms with E-state index in [1.165, 1.54) is 12.1 Å². The molecule has 1 aromatic carbocycles. The number of urea groups is 1. The van der Waals surface area contributed by atoms with Crippen molar-refractivity contribution in [2.45, 2.75) is 6.54 Å². The molecule has 1 aromatic rings. The summed E-state index contributed by atoms with van der Waals surface area (Å²) in [5.74, 6) is 1.27. The highest BCUT2D eigenvalue weighted by atomic mass is 16.4. The summed E-state index contributed by atoms with van der Waals surface area (Å²) in [6, 6.07) is 5.96. The number of aromatic carboxylic acids is 1. The van der Waals surface area contributed by atoms with Crippen molar-refractivity contribution in [3.63, 3.8) is 0 Å². The third kappa shape index (κ3) is 4.26. The van der Waals surface area contributed by atoms with Crippen LogP contribution in [0.4, 0.5) is 4.79 Å². The van der Waals surface area contributed by atoms with Crippen molar-refractivity contribution in [2.75, 3.05) is 6.54 Å². The van der Waals surface area contributed by atoms with Crippen molar-refractivity contribution >= 4 is 12.0 Å².